The molecule has 2 aromatic carbocycles. The predicted molar refractivity (Wildman–Crippen MR) is 138 cm³/mol. The minimum atomic E-state index is 0.313. The van der Waals surface area contributed by atoms with Crippen molar-refractivity contribution >= 4 is 56.4 Å². The molecule has 0 aliphatic carbocycles. The van der Waals surface area contributed by atoms with Crippen molar-refractivity contribution in [3.05, 3.63) is 63.3 Å². The first-order chi connectivity index (χ1) is 15.0. The maximum atomic E-state index is 6.23. The average Bonchev–Trinajstić information content (AvgIpc) is 2.76. The van der Waals surface area contributed by atoms with E-state index in [0.717, 1.165) is 59.2 Å². The summed E-state index contributed by atoms with van der Waals surface area (Å²) in [5, 5.41) is 5.27. The Morgan fingerprint density at radius 1 is 1.06 bits per heavy atom. The van der Waals surface area contributed by atoms with E-state index in [1.807, 2.05) is 42.5 Å². The summed E-state index contributed by atoms with van der Waals surface area (Å²) in [6.45, 7) is 9.97. The largest absolute Gasteiger partial charge is 0.367 e. The van der Waals surface area contributed by atoms with Crippen molar-refractivity contribution in [1.82, 2.24) is 14.9 Å². The lowest BCUT2D eigenvalue weighted by Gasteiger charge is -2.20. The van der Waals surface area contributed by atoms with Gasteiger partial charge in [-0.15, -0.1) is 0 Å². The number of nitrogens with one attached hydrogen (secondary N) is 1. The summed E-state index contributed by atoms with van der Waals surface area (Å²) in [7, 11) is 0. The molecule has 0 bridgehead atoms. The van der Waals surface area contributed by atoms with Gasteiger partial charge in [0.15, 0.2) is 5.82 Å². The number of hydrogen-bond donors (Lipinski definition) is 1. The summed E-state index contributed by atoms with van der Waals surface area (Å²) in [5.41, 5.74) is 1.94. The smallest absolute Gasteiger partial charge is 0.154 e. The average molecular weight is 502 g/mol. The van der Waals surface area contributed by atoms with Gasteiger partial charge in [-0.2, -0.15) is 0 Å². The van der Waals surface area contributed by atoms with Gasteiger partial charge in [0, 0.05) is 20.9 Å². The van der Waals surface area contributed by atoms with Gasteiger partial charge in [0.2, 0.25) is 0 Å². The monoisotopic (exact) mass is 500 g/mol. The Morgan fingerprint density at radius 3 is 2.52 bits per heavy atom. The Balaban J connectivity index is 1.79. The Kier molecular flexibility index (Phi) is 8.88. The number of rotatable bonds is 10. The van der Waals surface area contributed by atoms with Gasteiger partial charge in [-0.1, -0.05) is 59.6 Å². The summed E-state index contributed by atoms with van der Waals surface area (Å²) in [6.07, 6.45) is 6.20. The molecule has 0 saturated heterocycles. The molecule has 3 rings (SSSR count). The van der Waals surface area contributed by atoms with Gasteiger partial charge in [0.25, 0.3) is 0 Å². The molecular formula is C25H30BrClN4. The molecule has 0 amide bonds. The molecule has 0 unspecified atom stereocenters. The standard InChI is InChI=1S/C25H30BrClN4/c1-4-31(5-2)16-6-7-18(3)28-25-22-14-13-21(27)17-23(22)29-24(30-25)15-10-19-8-11-20(26)12-9-19/h8-15,17-18H,4-7,16H2,1-3H3,(H,28,29,30)/b15-10+/t18-/m0/s1. The van der Waals surface area contributed by atoms with E-state index in [0.29, 0.717) is 16.9 Å². The maximum Gasteiger partial charge on any atom is 0.154 e. The lowest BCUT2D eigenvalue weighted by Crippen LogP contribution is -2.25. The second kappa shape index (κ2) is 11.6. The molecule has 0 saturated carbocycles. The van der Waals surface area contributed by atoms with Crippen LogP contribution in [0.1, 0.15) is 45.0 Å². The summed E-state index contributed by atoms with van der Waals surface area (Å²) in [6, 6.07) is 14.2. The maximum absolute atomic E-state index is 6.23. The van der Waals surface area contributed by atoms with Gasteiger partial charge >= 0.3 is 0 Å². The van der Waals surface area contributed by atoms with Gasteiger partial charge in [-0.3, -0.25) is 0 Å². The van der Waals surface area contributed by atoms with E-state index in [9.17, 15) is 0 Å². The Hall–Kier alpha value is -1.95. The van der Waals surface area contributed by atoms with E-state index in [1.165, 1.54) is 0 Å². The topological polar surface area (TPSA) is 41.0 Å². The van der Waals surface area contributed by atoms with Gasteiger partial charge in [0.05, 0.1) is 5.52 Å². The van der Waals surface area contributed by atoms with E-state index in [1.54, 1.807) is 0 Å². The molecule has 3 aromatic rings. The summed E-state index contributed by atoms with van der Waals surface area (Å²) >= 11 is 9.70. The summed E-state index contributed by atoms with van der Waals surface area (Å²) < 4.78 is 1.06. The Morgan fingerprint density at radius 2 is 1.81 bits per heavy atom. The van der Waals surface area contributed by atoms with Crippen molar-refractivity contribution in [2.75, 3.05) is 25.0 Å². The minimum Gasteiger partial charge on any atom is -0.367 e. The molecule has 6 heteroatoms. The Labute approximate surface area is 198 Å². The number of aromatic nitrogens is 2. The van der Waals surface area contributed by atoms with Crippen molar-refractivity contribution in [2.24, 2.45) is 0 Å². The molecule has 164 valence electrons. The van der Waals surface area contributed by atoms with Gasteiger partial charge in [0.1, 0.15) is 5.82 Å². The number of benzene rings is 2. The van der Waals surface area contributed by atoms with Crippen LogP contribution in [0.4, 0.5) is 5.82 Å². The molecule has 1 atom stereocenters. The second-order valence-corrected chi connectivity index (χ2v) is 9.04. The quantitative estimate of drug-likeness (QED) is 0.320. The summed E-state index contributed by atoms with van der Waals surface area (Å²) in [4.78, 5) is 12.0. The predicted octanol–water partition coefficient (Wildman–Crippen LogP) is 7.14. The highest BCUT2D eigenvalue weighted by Gasteiger charge is 2.11. The van der Waals surface area contributed by atoms with E-state index in [2.05, 4.69) is 59.1 Å². The molecular weight excluding hydrogens is 472 g/mol. The lowest BCUT2D eigenvalue weighted by molar-refractivity contribution is 0.295. The van der Waals surface area contributed by atoms with Crippen LogP contribution in [-0.2, 0) is 0 Å². The molecule has 4 nitrogen and oxygen atoms in total. The van der Waals surface area contributed by atoms with Crippen molar-refractivity contribution in [1.29, 1.82) is 0 Å². The summed E-state index contributed by atoms with van der Waals surface area (Å²) in [5.74, 6) is 1.52. The van der Waals surface area contributed by atoms with Crippen molar-refractivity contribution in [3.63, 3.8) is 0 Å². The SMILES string of the molecule is CCN(CC)CCC[C@H](C)Nc1nc(/C=C/c2ccc(Br)cc2)nc2cc(Cl)ccc12. The van der Waals surface area contributed by atoms with E-state index in [-0.39, 0.29) is 0 Å². The fourth-order valence-corrected chi connectivity index (χ4v) is 3.95. The molecule has 1 N–H and O–H groups in total. The fraction of sp³-hybridized carbons (Fsp3) is 0.360. The third-order valence-electron chi connectivity index (χ3n) is 5.36. The third-order valence-corrected chi connectivity index (χ3v) is 6.12. The van der Waals surface area contributed by atoms with Gasteiger partial charge < -0.3 is 10.2 Å². The number of anilines is 1. The minimum absolute atomic E-state index is 0.313. The van der Waals surface area contributed by atoms with E-state index in [4.69, 9.17) is 21.6 Å². The molecule has 0 aliphatic heterocycles. The second-order valence-electron chi connectivity index (χ2n) is 7.69. The van der Waals surface area contributed by atoms with Crippen LogP contribution < -0.4 is 5.32 Å². The first-order valence-electron chi connectivity index (χ1n) is 10.9. The molecule has 0 spiro atoms. The zero-order valence-corrected chi connectivity index (χ0v) is 20.7. The highest BCUT2D eigenvalue weighted by Crippen LogP contribution is 2.25. The molecule has 31 heavy (non-hydrogen) atoms. The Bertz CT molecular complexity index is 1020. The first-order valence-corrected chi connectivity index (χ1v) is 12.1. The van der Waals surface area contributed by atoms with Crippen LogP contribution in [-0.4, -0.2) is 40.5 Å². The van der Waals surface area contributed by atoms with E-state index >= 15 is 0 Å². The van der Waals surface area contributed by atoms with E-state index < -0.39 is 0 Å². The zero-order valence-electron chi connectivity index (χ0n) is 18.4. The van der Waals surface area contributed by atoms with Crippen LogP contribution in [0.3, 0.4) is 0 Å². The molecule has 1 aromatic heterocycles. The van der Waals surface area contributed by atoms with Crippen molar-refractivity contribution in [3.8, 4) is 0 Å². The van der Waals surface area contributed by atoms with Crippen LogP contribution in [0.5, 0.6) is 0 Å². The number of halogens is 2. The van der Waals surface area contributed by atoms with Crippen LogP contribution in [0, 0.1) is 0 Å². The molecule has 0 aliphatic rings. The van der Waals surface area contributed by atoms with Crippen LogP contribution >= 0.6 is 27.5 Å². The van der Waals surface area contributed by atoms with Crippen LogP contribution in [0.15, 0.2) is 46.9 Å². The lowest BCUT2D eigenvalue weighted by atomic mass is 10.1. The third kappa shape index (κ3) is 7.03. The van der Waals surface area contributed by atoms with Crippen LogP contribution in [0.2, 0.25) is 5.02 Å². The van der Waals surface area contributed by atoms with Crippen molar-refractivity contribution in [2.45, 2.75) is 39.7 Å². The number of nitrogens with zero attached hydrogens (tertiary/aromatic N) is 3. The highest BCUT2D eigenvalue weighted by atomic mass is 79.9. The van der Waals surface area contributed by atoms with Gasteiger partial charge in [-0.05, 0) is 81.4 Å². The molecule has 1 heterocycles. The molecule has 0 radical (unpaired) electrons. The molecule has 0 fully saturated rings. The normalized spacial score (nSPS) is 12.7. The van der Waals surface area contributed by atoms with Crippen molar-refractivity contribution < 1.29 is 0 Å². The van der Waals surface area contributed by atoms with Gasteiger partial charge in [-0.25, -0.2) is 9.97 Å². The van der Waals surface area contributed by atoms with Crippen LogP contribution in [0.25, 0.3) is 23.1 Å². The first kappa shape index (κ1) is 23.7. The fourth-order valence-electron chi connectivity index (χ4n) is 3.52. The number of hydrogen-bond acceptors (Lipinski definition) is 4. The highest BCUT2D eigenvalue weighted by molar-refractivity contribution is 9.10. The zero-order chi connectivity index (χ0) is 22.2. The number of fused-ring (bicyclic) bond motifs is 1.